The Bertz CT molecular complexity index is 398. The Hall–Kier alpha value is -0.340. The summed E-state index contributed by atoms with van der Waals surface area (Å²) >= 11 is 3.52. The molecule has 0 radical (unpaired) electrons. The van der Waals surface area contributed by atoms with Gasteiger partial charge in [-0.2, -0.15) is 0 Å². The molecule has 1 saturated carbocycles. The normalized spacial score (nSPS) is 24.9. The molecular formula is C18H28BrN. The summed E-state index contributed by atoms with van der Waals surface area (Å²) in [5, 5.41) is 3.96. The van der Waals surface area contributed by atoms with Crippen molar-refractivity contribution in [2.24, 2.45) is 11.8 Å². The monoisotopic (exact) mass is 337 g/mol. The average molecular weight is 338 g/mol. The third-order valence-corrected chi connectivity index (χ3v) is 5.30. The summed E-state index contributed by atoms with van der Waals surface area (Å²) in [6, 6.07) is 9.99. The van der Waals surface area contributed by atoms with Gasteiger partial charge in [-0.1, -0.05) is 61.7 Å². The van der Waals surface area contributed by atoms with Crippen LogP contribution >= 0.6 is 15.9 Å². The van der Waals surface area contributed by atoms with Crippen LogP contribution in [0.5, 0.6) is 0 Å². The Morgan fingerprint density at radius 2 is 1.80 bits per heavy atom. The van der Waals surface area contributed by atoms with E-state index in [2.05, 4.69) is 66.3 Å². The largest absolute Gasteiger partial charge is 0.307 e. The molecule has 1 N–H and O–H groups in total. The molecule has 0 spiro atoms. The Morgan fingerprint density at radius 3 is 2.40 bits per heavy atom. The molecule has 1 nitrogen and oxygen atoms in total. The molecule has 0 aliphatic heterocycles. The zero-order valence-electron chi connectivity index (χ0n) is 13.0. The summed E-state index contributed by atoms with van der Waals surface area (Å²) in [4.78, 5) is 0. The fourth-order valence-corrected chi connectivity index (χ4v) is 3.83. The van der Waals surface area contributed by atoms with Crippen LogP contribution in [0.15, 0.2) is 28.7 Å². The van der Waals surface area contributed by atoms with Gasteiger partial charge in [-0.15, -0.1) is 0 Å². The predicted octanol–water partition coefficient (Wildman–Crippen LogP) is 5.70. The summed E-state index contributed by atoms with van der Waals surface area (Å²) in [5.74, 6) is 1.63. The predicted molar refractivity (Wildman–Crippen MR) is 90.9 cm³/mol. The molecule has 1 aromatic carbocycles. The first kappa shape index (κ1) is 16.0. The molecule has 3 unspecified atom stereocenters. The Labute approximate surface area is 132 Å². The molecule has 20 heavy (non-hydrogen) atoms. The molecule has 0 aromatic heterocycles. The number of halogens is 1. The molecule has 1 fully saturated rings. The SMILES string of the molecule is CCC(NC1CCCCC1C(C)C)c1ccc(Br)cc1. The van der Waals surface area contributed by atoms with Crippen molar-refractivity contribution < 1.29 is 0 Å². The Morgan fingerprint density at radius 1 is 1.15 bits per heavy atom. The molecule has 2 heteroatoms. The second kappa shape index (κ2) is 7.61. The van der Waals surface area contributed by atoms with Gasteiger partial charge in [0.2, 0.25) is 0 Å². The maximum absolute atomic E-state index is 3.96. The van der Waals surface area contributed by atoms with Crippen LogP contribution in [0.25, 0.3) is 0 Å². The molecule has 2 rings (SSSR count). The molecule has 0 bridgehead atoms. The van der Waals surface area contributed by atoms with E-state index >= 15 is 0 Å². The molecule has 0 heterocycles. The van der Waals surface area contributed by atoms with Crippen LogP contribution in [0.3, 0.4) is 0 Å². The highest BCUT2D eigenvalue weighted by Crippen LogP contribution is 2.32. The van der Waals surface area contributed by atoms with Gasteiger partial charge < -0.3 is 5.32 Å². The van der Waals surface area contributed by atoms with Gasteiger partial charge in [0, 0.05) is 16.6 Å². The summed E-state index contributed by atoms with van der Waals surface area (Å²) in [6.45, 7) is 7.05. The third-order valence-electron chi connectivity index (χ3n) is 4.77. The van der Waals surface area contributed by atoms with E-state index in [0.717, 1.165) is 22.7 Å². The van der Waals surface area contributed by atoms with Crippen molar-refractivity contribution in [1.29, 1.82) is 0 Å². The van der Waals surface area contributed by atoms with Crippen LogP contribution in [0, 0.1) is 11.8 Å². The third kappa shape index (κ3) is 4.08. The average Bonchev–Trinajstić information content (AvgIpc) is 2.46. The summed E-state index contributed by atoms with van der Waals surface area (Å²) in [5.41, 5.74) is 1.42. The van der Waals surface area contributed by atoms with E-state index < -0.39 is 0 Å². The fourth-order valence-electron chi connectivity index (χ4n) is 3.57. The van der Waals surface area contributed by atoms with Gasteiger partial charge in [0.05, 0.1) is 0 Å². The zero-order valence-corrected chi connectivity index (χ0v) is 14.6. The first-order valence-corrected chi connectivity index (χ1v) is 8.92. The zero-order chi connectivity index (χ0) is 14.5. The molecule has 1 aliphatic carbocycles. The minimum absolute atomic E-state index is 0.493. The van der Waals surface area contributed by atoms with E-state index in [1.807, 2.05) is 0 Å². The molecule has 0 amide bonds. The lowest BCUT2D eigenvalue weighted by atomic mass is 9.77. The molecule has 112 valence electrons. The van der Waals surface area contributed by atoms with Gasteiger partial charge in [-0.3, -0.25) is 0 Å². The lowest BCUT2D eigenvalue weighted by molar-refractivity contribution is 0.191. The van der Waals surface area contributed by atoms with Gasteiger partial charge in [0.1, 0.15) is 0 Å². The van der Waals surface area contributed by atoms with Crippen LogP contribution in [0.4, 0.5) is 0 Å². The molecule has 1 aromatic rings. The number of hydrogen-bond acceptors (Lipinski definition) is 1. The minimum Gasteiger partial charge on any atom is -0.307 e. The van der Waals surface area contributed by atoms with Crippen LogP contribution < -0.4 is 5.32 Å². The van der Waals surface area contributed by atoms with Gasteiger partial charge in [-0.25, -0.2) is 0 Å². The van der Waals surface area contributed by atoms with Gasteiger partial charge in [0.15, 0.2) is 0 Å². The van der Waals surface area contributed by atoms with Crippen molar-refractivity contribution in [3.63, 3.8) is 0 Å². The lowest BCUT2D eigenvalue weighted by Crippen LogP contribution is -2.42. The first-order valence-electron chi connectivity index (χ1n) is 8.13. The van der Waals surface area contributed by atoms with Crippen LogP contribution in [0.1, 0.15) is 64.5 Å². The van der Waals surface area contributed by atoms with Crippen molar-refractivity contribution >= 4 is 15.9 Å². The molecule has 3 atom stereocenters. The molecule has 0 saturated heterocycles. The van der Waals surface area contributed by atoms with Crippen molar-refractivity contribution in [2.75, 3.05) is 0 Å². The topological polar surface area (TPSA) is 12.0 Å². The van der Waals surface area contributed by atoms with Crippen molar-refractivity contribution in [1.82, 2.24) is 5.32 Å². The molecular weight excluding hydrogens is 310 g/mol. The Balaban J connectivity index is 2.06. The smallest absolute Gasteiger partial charge is 0.0320 e. The number of rotatable bonds is 5. The van der Waals surface area contributed by atoms with Crippen LogP contribution in [0.2, 0.25) is 0 Å². The van der Waals surface area contributed by atoms with Gasteiger partial charge >= 0.3 is 0 Å². The lowest BCUT2D eigenvalue weighted by Gasteiger charge is -2.37. The number of hydrogen-bond donors (Lipinski definition) is 1. The maximum atomic E-state index is 3.96. The van der Waals surface area contributed by atoms with E-state index in [1.165, 1.54) is 31.2 Å². The van der Waals surface area contributed by atoms with Gasteiger partial charge in [0.25, 0.3) is 0 Å². The van der Waals surface area contributed by atoms with Crippen molar-refractivity contribution in [3.8, 4) is 0 Å². The van der Waals surface area contributed by atoms with Crippen LogP contribution in [-0.2, 0) is 0 Å². The van der Waals surface area contributed by atoms with Crippen molar-refractivity contribution in [3.05, 3.63) is 34.3 Å². The summed E-state index contributed by atoms with van der Waals surface area (Å²) < 4.78 is 1.16. The maximum Gasteiger partial charge on any atom is 0.0320 e. The van der Waals surface area contributed by atoms with E-state index in [9.17, 15) is 0 Å². The van der Waals surface area contributed by atoms with Crippen LogP contribution in [-0.4, -0.2) is 6.04 Å². The fraction of sp³-hybridized carbons (Fsp3) is 0.667. The summed E-state index contributed by atoms with van der Waals surface area (Å²) in [7, 11) is 0. The number of nitrogens with one attached hydrogen (secondary N) is 1. The summed E-state index contributed by atoms with van der Waals surface area (Å²) in [6.07, 6.45) is 6.69. The molecule has 1 aliphatic rings. The second-order valence-electron chi connectivity index (χ2n) is 6.48. The van der Waals surface area contributed by atoms with E-state index in [0.29, 0.717) is 12.1 Å². The second-order valence-corrected chi connectivity index (χ2v) is 7.39. The van der Waals surface area contributed by atoms with E-state index in [4.69, 9.17) is 0 Å². The quantitative estimate of drug-likeness (QED) is 0.726. The highest BCUT2D eigenvalue weighted by molar-refractivity contribution is 9.10. The minimum atomic E-state index is 0.493. The number of benzene rings is 1. The Kier molecular flexibility index (Phi) is 6.10. The van der Waals surface area contributed by atoms with Crippen molar-refractivity contribution in [2.45, 2.75) is 65.0 Å². The van der Waals surface area contributed by atoms with E-state index in [-0.39, 0.29) is 0 Å². The first-order chi connectivity index (χ1) is 9.61. The highest BCUT2D eigenvalue weighted by Gasteiger charge is 2.28. The van der Waals surface area contributed by atoms with Gasteiger partial charge in [-0.05, 0) is 48.8 Å². The highest BCUT2D eigenvalue weighted by atomic mass is 79.9. The van der Waals surface area contributed by atoms with E-state index in [1.54, 1.807) is 0 Å². The standard InChI is InChI=1S/C18H28BrN/c1-4-17(14-9-11-15(19)12-10-14)20-18-8-6-5-7-16(18)13(2)3/h9-13,16-18,20H,4-8H2,1-3H3.